The van der Waals surface area contributed by atoms with Crippen LogP contribution in [0.2, 0.25) is 0 Å². The first-order valence-electron chi connectivity index (χ1n) is 8.98. The maximum absolute atomic E-state index is 12.2. The third-order valence-electron chi connectivity index (χ3n) is 5.65. The zero-order chi connectivity index (χ0) is 17.2. The molecule has 25 heavy (non-hydrogen) atoms. The van der Waals surface area contributed by atoms with Crippen molar-refractivity contribution in [3.05, 3.63) is 30.7 Å². The summed E-state index contributed by atoms with van der Waals surface area (Å²) in [5, 5.41) is 10.6. The molecule has 1 amide bonds. The van der Waals surface area contributed by atoms with Gasteiger partial charge in [-0.05, 0) is 68.2 Å². The van der Waals surface area contributed by atoms with Crippen molar-refractivity contribution < 1.29 is 13.9 Å². The number of ether oxygens (including phenoxy) is 1. The summed E-state index contributed by atoms with van der Waals surface area (Å²) in [6.07, 6.45) is 6.63. The van der Waals surface area contributed by atoms with Gasteiger partial charge in [0.25, 0.3) is 5.91 Å². The molecule has 4 rings (SSSR count). The number of amides is 1. The van der Waals surface area contributed by atoms with Gasteiger partial charge in [-0.1, -0.05) is 6.42 Å². The van der Waals surface area contributed by atoms with E-state index in [9.17, 15) is 4.79 Å². The lowest BCUT2D eigenvalue weighted by Gasteiger charge is -2.28. The number of carbonyl (C=O) groups is 1. The second kappa shape index (κ2) is 6.86. The lowest BCUT2D eigenvalue weighted by atomic mass is 9.84. The summed E-state index contributed by atoms with van der Waals surface area (Å²) in [6.45, 7) is 2.16. The minimum Gasteiger partial charge on any atom is -0.484 e. The number of rotatable bonds is 6. The SMILES string of the molecule is C[C@@H](NC(=O)COc1ccc(-c2nnco2)cc1)[C@@H]1C[C@@H]2CC[C@@H]1C2. The first-order valence-corrected chi connectivity index (χ1v) is 8.98. The minimum atomic E-state index is -0.0590. The highest BCUT2D eigenvalue weighted by molar-refractivity contribution is 5.77. The lowest BCUT2D eigenvalue weighted by molar-refractivity contribution is -0.124. The highest BCUT2D eigenvalue weighted by Gasteiger charge is 2.42. The van der Waals surface area contributed by atoms with Crippen molar-refractivity contribution in [2.45, 2.75) is 38.6 Å². The van der Waals surface area contributed by atoms with E-state index in [1.807, 2.05) is 12.1 Å². The molecule has 132 valence electrons. The maximum atomic E-state index is 12.2. The Labute approximate surface area is 147 Å². The van der Waals surface area contributed by atoms with E-state index in [-0.39, 0.29) is 18.6 Å². The van der Waals surface area contributed by atoms with Gasteiger partial charge in [0.15, 0.2) is 6.61 Å². The summed E-state index contributed by atoms with van der Waals surface area (Å²) < 4.78 is 10.7. The van der Waals surface area contributed by atoms with Crippen LogP contribution in [0.15, 0.2) is 35.1 Å². The number of hydrogen-bond donors (Lipinski definition) is 1. The van der Waals surface area contributed by atoms with E-state index < -0.39 is 0 Å². The van der Waals surface area contributed by atoms with E-state index in [4.69, 9.17) is 9.15 Å². The molecule has 2 aliphatic rings. The average molecular weight is 341 g/mol. The van der Waals surface area contributed by atoms with Crippen LogP contribution in [0.4, 0.5) is 0 Å². The molecule has 2 aromatic rings. The van der Waals surface area contributed by atoms with Gasteiger partial charge in [0.2, 0.25) is 12.3 Å². The highest BCUT2D eigenvalue weighted by atomic mass is 16.5. The van der Waals surface area contributed by atoms with Gasteiger partial charge in [-0.15, -0.1) is 10.2 Å². The summed E-state index contributed by atoms with van der Waals surface area (Å²) in [5.74, 6) is 3.38. The molecule has 0 aliphatic heterocycles. The van der Waals surface area contributed by atoms with Gasteiger partial charge in [0.1, 0.15) is 5.75 Å². The number of hydrogen-bond acceptors (Lipinski definition) is 5. The van der Waals surface area contributed by atoms with Crippen LogP contribution in [0.25, 0.3) is 11.5 Å². The van der Waals surface area contributed by atoms with Crippen LogP contribution >= 0.6 is 0 Å². The molecule has 1 heterocycles. The summed E-state index contributed by atoms with van der Waals surface area (Å²) >= 11 is 0. The molecular formula is C19H23N3O3. The van der Waals surface area contributed by atoms with Gasteiger partial charge >= 0.3 is 0 Å². The first kappa shape index (κ1) is 16.1. The van der Waals surface area contributed by atoms with Crippen molar-refractivity contribution in [1.29, 1.82) is 0 Å². The molecule has 1 aromatic heterocycles. The van der Waals surface area contributed by atoms with Crippen molar-refractivity contribution in [2.75, 3.05) is 6.61 Å². The number of nitrogens with zero attached hydrogens (tertiary/aromatic N) is 2. The molecular weight excluding hydrogens is 318 g/mol. The van der Waals surface area contributed by atoms with Gasteiger partial charge in [0.05, 0.1) is 0 Å². The second-order valence-electron chi connectivity index (χ2n) is 7.25. The van der Waals surface area contributed by atoms with E-state index in [0.29, 0.717) is 17.6 Å². The highest BCUT2D eigenvalue weighted by Crippen LogP contribution is 2.49. The van der Waals surface area contributed by atoms with Crippen molar-refractivity contribution in [3.63, 3.8) is 0 Å². The summed E-state index contributed by atoms with van der Waals surface area (Å²) in [7, 11) is 0. The standard InChI is InChI=1S/C19H23N3O3/c1-12(17-9-13-2-3-15(17)8-13)21-18(23)10-24-16-6-4-14(5-7-16)19-22-20-11-25-19/h4-7,11-13,15,17H,2-3,8-10H2,1H3,(H,21,23)/t12-,13-,15-,17+/m1/s1. The molecule has 1 aromatic carbocycles. The van der Waals surface area contributed by atoms with Crippen molar-refractivity contribution in [1.82, 2.24) is 15.5 Å². The molecule has 4 atom stereocenters. The second-order valence-corrected chi connectivity index (χ2v) is 7.25. The molecule has 2 aliphatic carbocycles. The molecule has 2 bridgehead atoms. The Bertz CT molecular complexity index is 714. The zero-order valence-electron chi connectivity index (χ0n) is 14.4. The van der Waals surface area contributed by atoms with E-state index in [1.54, 1.807) is 12.1 Å². The minimum absolute atomic E-state index is 0.0328. The number of benzene rings is 1. The Morgan fingerprint density at radius 3 is 2.80 bits per heavy atom. The largest absolute Gasteiger partial charge is 0.484 e. The van der Waals surface area contributed by atoms with Gasteiger partial charge in [-0.3, -0.25) is 4.79 Å². The first-order chi connectivity index (χ1) is 12.2. The molecule has 1 N–H and O–H groups in total. The van der Waals surface area contributed by atoms with Crippen LogP contribution in [-0.4, -0.2) is 28.8 Å². The summed E-state index contributed by atoms with van der Waals surface area (Å²) in [5.41, 5.74) is 0.819. The van der Waals surface area contributed by atoms with Crippen molar-refractivity contribution >= 4 is 5.91 Å². The third kappa shape index (κ3) is 3.52. The predicted octanol–water partition coefficient (Wildman–Crippen LogP) is 3.06. The number of carbonyl (C=O) groups excluding carboxylic acids is 1. The zero-order valence-corrected chi connectivity index (χ0v) is 14.4. The smallest absolute Gasteiger partial charge is 0.258 e. The number of nitrogens with one attached hydrogen (secondary N) is 1. The maximum Gasteiger partial charge on any atom is 0.258 e. The van der Waals surface area contributed by atoms with E-state index in [1.165, 1.54) is 32.1 Å². The Balaban J connectivity index is 1.26. The monoisotopic (exact) mass is 341 g/mol. The van der Waals surface area contributed by atoms with Gasteiger partial charge in [-0.2, -0.15) is 0 Å². The van der Waals surface area contributed by atoms with Crippen LogP contribution < -0.4 is 10.1 Å². The van der Waals surface area contributed by atoms with E-state index in [0.717, 1.165) is 17.4 Å². The Kier molecular flexibility index (Phi) is 4.42. The fourth-order valence-electron chi connectivity index (χ4n) is 4.45. The Morgan fingerprint density at radius 1 is 1.32 bits per heavy atom. The van der Waals surface area contributed by atoms with Crippen LogP contribution in [0.1, 0.15) is 32.6 Å². The Morgan fingerprint density at radius 2 is 2.16 bits per heavy atom. The van der Waals surface area contributed by atoms with Gasteiger partial charge in [-0.25, -0.2) is 0 Å². The van der Waals surface area contributed by atoms with Crippen molar-refractivity contribution in [2.24, 2.45) is 17.8 Å². The molecule has 0 spiro atoms. The quantitative estimate of drug-likeness (QED) is 0.874. The van der Waals surface area contributed by atoms with E-state index in [2.05, 4.69) is 22.4 Å². The van der Waals surface area contributed by atoms with Gasteiger partial charge in [0, 0.05) is 11.6 Å². The molecule has 2 saturated carbocycles. The number of aromatic nitrogens is 2. The predicted molar refractivity (Wildman–Crippen MR) is 91.8 cm³/mol. The lowest BCUT2D eigenvalue weighted by Crippen LogP contribution is -2.42. The third-order valence-corrected chi connectivity index (χ3v) is 5.65. The normalized spacial score (nSPS) is 25.7. The van der Waals surface area contributed by atoms with Gasteiger partial charge < -0.3 is 14.5 Å². The molecule has 0 radical (unpaired) electrons. The fourth-order valence-corrected chi connectivity index (χ4v) is 4.45. The molecule has 0 saturated heterocycles. The topological polar surface area (TPSA) is 77.2 Å². The molecule has 2 fully saturated rings. The van der Waals surface area contributed by atoms with E-state index >= 15 is 0 Å². The van der Waals surface area contributed by atoms with Crippen LogP contribution in [0, 0.1) is 17.8 Å². The van der Waals surface area contributed by atoms with Crippen LogP contribution in [-0.2, 0) is 4.79 Å². The fraction of sp³-hybridized carbons (Fsp3) is 0.526. The molecule has 6 heteroatoms. The van der Waals surface area contributed by atoms with Crippen LogP contribution in [0.3, 0.4) is 0 Å². The summed E-state index contributed by atoms with van der Waals surface area (Å²) in [4.78, 5) is 12.2. The van der Waals surface area contributed by atoms with Crippen molar-refractivity contribution in [3.8, 4) is 17.2 Å². The molecule has 6 nitrogen and oxygen atoms in total. The average Bonchev–Trinajstić information content (AvgIpc) is 3.37. The van der Waals surface area contributed by atoms with Crippen LogP contribution in [0.5, 0.6) is 5.75 Å². The number of fused-ring (bicyclic) bond motifs is 2. The molecule has 0 unspecified atom stereocenters. The summed E-state index contributed by atoms with van der Waals surface area (Å²) in [6, 6.07) is 7.49. The Hall–Kier alpha value is -2.37.